The maximum absolute atomic E-state index is 11.5. The third kappa shape index (κ3) is 3.31. The standard InChI is InChI=1S/C24H26O2/c1-2-12-22(25)23(26)24(19-13-6-3-7-14-19,20-15-8-4-9-16-20)21-17-10-5-11-18-21/h3-11,13-18,22-23,25-26H,2,12H2,1H3. The third-order valence-corrected chi connectivity index (χ3v) is 5.08. The molecule has 0 radical (unpaired) electrons. The lowest BCUT2D eigenvalue weighted by Crippen LogP contribution is -2.48. The highest BCUT2D eigenvalue weighted by Gasteiger charge is 2.45. The molecule has 0 bridgehead atoms. The summed E-state index contributed by atoms with van der Waals surface area (Å²) in [5, 5.41) is 22.3. The smallest absolute Gasteiger partial charge is 0.0976 e. The van der Waals surface area contributed by atoms with Gasteiger partial charge in [0.25, 0.3) is 0 Å². The fraction of sp³-hybridized carbons (Fsp3) is 0.250. The van der Waals surface area contributed by atoms with Gasteiger partial charge in [-0.15, -0.1) is 0 Å². The second-order valence-corrected chi connectivity index (χ2v) is 6.71. The monoisotopic (exact) mass is 346 g/mol. The van der Waals surface area contributed by atoms with Gasteiger partial charge in [0.2, 0.25) is 0 Å². The van der Waals surface area contributed by atoms with Crippen molar-refractivity contribution in [3.05, 3.63) is 108 Å². The summed E-state index contributed by atoms with van der Waals surface area (Å²) in [6.07, 6.45) is -0.419. The van der Waals surface area contributed by atoms with Crippen molar-refractivity contribution in [3.63, 3.8) is 0 Å². The first kappa shape index (κ1) is 18.4. The van der Waals surface area contributed by atoms with Gasteiger partial charge in [-0.2, -0.15) is 0 Å². The molecule has 0 spiro atoms. The van der Waals surface area contributed by atoms with Crippen LogP contribution in [0.1, 0.15) is 36.5 Å². The Morgan fingerprint density at radius 1 is 0.654 bits per heavy atom. The van der Waals surface area contributed by atoms with E-state index in [9.17, 15) is 10.2 Å². The van der Waals surface area contributed by atoms with Crippen LogP contribution in [-0.2, 0) is 5.41 Å². The van der Waals surface area contributed by atoms with E-state index in [1.807, 2.05) is 97.9 Å². The first-order chi connectivity index (χ1) is 12.7. The van der Waals surface area contributed by atoms with E-state index in [-0.39, 0.29) is 0 Å². The van der Waals surface area contributed by atoms with Gasteiger partial charge >= 0.3 is 0 Å². The molecule has 0 heterocycles. The van der Waals surface area contributed by atoms with Crippen molar-refractivity contribution in [1.82, 2.24) is 0 Å². The van der Waals surface area contributed by atoms with E-state index in [1.165, 1.54) is 0 Å². The number of benzene rings is 3. The Labute approximate surface area is 155 Å². The molecule has 134 valence electrons. The largest absolute Gasteiger partial charge is 0.390 e. The molecule has 3 aromatic carbocycles. The lowest BCUT2D eigenvalue weighted by molar-refractivity contribution is -0.0144. The van der Waals surface area contributed by atoms with Crippen LogP contribution in [0, 0.1) is 0 Å². The number of rotatable bonds is 7. The highest BCUT2D eigenvalue weighted by molar-refractivity contribution is 5.52. The molecule has 2 N–H and O–H groups in total. The number of aliphatic hydroxyl groups is 2. The van der Waals surface area contributed by atoms with Crippen molar-refractivity contribution >= 4 is 0 Å². The fourth-order valence-corrected chi connectivity index (χ4v) is 3.86. The number of hydrogen-bond donors (Lipinski definition) is 2. The zero-order chi connectivity index (χ0) is 18.4. The van der Waals surface area contributed by atoms with Crippen LogP contribution < -0.4 is 0 Å². The summed E-state index contributed by atoms with van der Waals surface area (Å²) in [6.45, 7) is 2.02. The van der Waals surface area contributed by atoms with Crippen LogP contribution in [0.15, 0.2) is 91.0 Å². The Hall–Kier alpha value is -2.42. The first-order valence-electron chi connectivity index (χ1n) is 9.24. The summed E-state index contributed by atoms with van der Waals surface area (Å²) in [7, 11) is 0. The Bertz CT molecular complexity index is 688. The normalized spacial score (nSPS) is 14.0. The lowest BCUT2D eigenvalue weighted by Gasteiger charge is -2.42. The Morgan fingerprint density at radius 3 is 1.31 bits per heavy atom. The van der Waals surface area contributed by atoms with Crippen LogP contribution >= 0.6 is 0 Å². The van der Waals surface area contributed by atoms with E-state index < -0.39 is 17.6 Å². The molecule has 0 saturated heterocycles. The Morgan fingerprint density at radius 2 is 1.00 bits per heavy atom. The van der Waals surface area contributed by atoms with E-state index in [0.717, 1.165) is 23.1 Å². The molecule has 3 aromatic rings. The van der Waals surface area contributed by atoms with Crippen LogP contribution in [0.4, 0.5) is 0 Å². The zero-order valence-electron chi connectivity index (χ0n) is 15.1. The molecule has 3 rings (SSSR count). The van der Waals surface area contributed by atoms with E-state index >= 15 is 0 Å². The molecule has 0 amide bonds. The molecule has 26 heavy (non-hydrogen) atoms. The summed E-state index contributed by atoms with van der Waals surface area (Å²) < 4.78 is 0. The lowest BCUT2D eigenvalue weighted by atomic mass is 9.64. The molecule has 2 atom stereocenters. The highest BCUT2D eigenvalue weighted by Crippen LogP contribution is 2.43. The third-order valence-electron chi connectivity index (χ3n) is 5.08. The molecule has 0 aliphatic heterocycles. The molecule has 0 fully saturated rings. The highest BCUT2D eigenvalue weighted by atomic mass is 16.3. The SMILES string of the molecule is CCCC(O)C(O)C(c1ccccc1)(c1ccccc1)c1ccccc1. The molecular weight excluding hydrogens is 320 g/mol. The topological polar surface area (TPSA) is 40.5 Å². The van der Waals surface area contributed by atoms with Crippen molar-refractivity contribution in [2.45, 2.75) is 37.4 Å². The molecule has 0 aliphatic carbocycles. The molecule has 2 heteroatoms. The van der Waals surface area contributed by atoms with Crippen molar-refractivity contribution in [2.24, 2.45) is 0 Å². The summed E-state index contributed by atoms with van der Waals surface area (Å²) in [6, 6.07) is 30.0. The predicted molar refractivity (Wildman–Crippen MR) is 106 cm³/mol. The first-order valence-corrected chi connectivity index (χ1v) is 9.24. The van der Waals surface area contributed by atoms with Gasteiger partial charge in [-0.25, -0.2) is 0 Å². The van der Waals surface area contributed by atoms with Gasteiger partial charge in [0.1, 0.15) is 0 Å². The maximum atomic E-state index is 11.5. The minimum absolute atomic E-state index is 0.551. The van der Waals surface area contributed by atoms with Crippen LogP contribution in [0.2, 0.25) is 0 Å². The summed E-state index contributed by atoms with van der Waals surface area (Å²) in [4.78, 5) is 0. The molecule has 0 saturated carbocycles. The minimum Gasteiger partial charge on any atom is -0.390 e. The van der Waals surface area contributed by atoms with Gasteiger partial charge in [-0.3, -0.25) is 0 Å². The van der Waals surface area contributed by atoms with Gasteiger partial charge in [-0.1, -0.05) is 104 Å². The van der Waals surface area contributed by atoms with Crippen LogP contribution in [0.5, 0.6) is 0 Å². The van der Waals surface area contributed by atoms with Crippen molar-refractivity contribution in [3.8, 4) is 0 Å². The average molecular weight is 346 g/mol. The van der Waals surface area contributed by atoms with E-state index in [1.54, 1.807) is 0 Å². The van der Waals surface area contributed by atoms with Gasteiger partial charge in [-0.05, 0) is 23.1 Å². The van der Waals surface area contributed by atoms with E-state index in [4.69, 9.17) is 0 Å². The van der Waals surface area contributed by atoms with Crippen molar-refractivity contribution < 1.29 is 10.2 Å². The molecule has 0 aliphatic rings. The molecular formula is C24H26O2. The zero-order valence-corrected chi connectivity index (χ0v) is 15.1. The van der Waals surface area contributed by atoms with Gasteiger partial charge < -0.3 is 10.2 Å². The summed E-state index contributed by atoms with van der Waals surface area (Å²) in [5.41, 5.74) is 2.08. The van der Waals surface area contributed by atoms with Crippen molar-refractivity contribution in [2.75, 3.05) is 0 Å². The van der Waals surface area contributed by atoms with Gasteiger partial charge in [0.15, 0.2) is 0 Å². The summed E-state index contributed by atoms with van der Waals surface area (Å²) in [5.74, 6) is 0. The van der Waals surface area contributed by atoms with Crippen molar-refractivity contribution in [1.29, 1.82) is 0 Å². The minimum atomic E-state index is -0.963. The fourth-order valence-electron chi connectivity index (χ4n) is 3.86. The van der Waals surface area contributed by atoms with E-state index in [0.29, 0.717) is 6.42 Å². The van der Waals surface area contributed by atoms with Gasteiger partial charge in [0.05, 0.1) is 17.6 Å². The van der Waals surface area contributed by atoms with Crippen LogP contribution in [0.25, 0.3) is 0 Å². The van der Waals surface area contributed by atoms with Gasteiger partial charge in [0, 0.05) is 0 Å². The van der Waals surface area contributed by atoms with E-state index in [2.05, 4.69) is 0 Å². The quantitative estimate of drug-likeness (QED) is 0.617. The maximum Gasteiger partial charge on any atom is 0.0976 e. The molecule has 2 nitrogen and oxygen atoms in total. The number of aliphatic hydroxyl groups excluding tert-OH is 2. The second kappa shape index (κ2) is 8.31. The Kier molecular flexibility index (Phi) is 5.87. The average Bonchev–Trinajstić information content (AvgIpc) is 2.71. The molecule has 0 aromatic heterocycles. The molecule has 2 unspecified atom stereocenters. The predicted octanol–water partition coefficient (Wildman–Crippen LogP) is 4.54. The Balaban J connectivity index is 2.32. The summed E-state index contributed by atoms with van der Waals surface area (Å²) >= 11 is 0. The second-order valence-electron chi connectivity index (χ2n) is 6.71. The van der Waals surface area contributed by atoms with Crippen LogP contribution in [0.3, 0.4) is 0 Å². The number of hydrogen-bond acceptors (Lipinski definition) is 2. The van der Waals surface area contributed by atoms with Crippen LogP contribution in [-0.4, -0.2) is 22.4 Å².